The Hall–Kier alpha value is -2.05. The van der Waals surface area contributed by atoms with Crippen LogP contribution < -0.4 is 10.6 Å². The number of rotatable bonds is 4. The average Bonchev–Trinajstić information content (AvgIpc) is 3.00. The molecule has 1 fully saturated rings. The molecule has 3 amide bonds. The summed E-state index contributed by atoms with van der Waals surface area (Å²) in [5.41, 5.74) is 0.417. The summed E-state index contributed by atoms with van der Waals surface area (Å²) < 4.78 is 0. The predicted octanol–water partition coefficient (Wildman–Crippen LogP) is 0.827. The standard InChI is InChI=1S/C14H23N5O2/c1-10-4-8-19(9-11(10)2)14(21)16-7-6-15-13(20)12-3-5-17-18-12/h3,5,10-11H,4,6-9H2,1-2H3,(H,15,20)(H,16,21)(H,17,18)/t10-,11+/m1/s1. The molecule has 0 aromatic carbocycles. The highest BCUT2D eigenvalue weighted by molar-refractivity contribution is 5.92. The van der Waals surface area contributed by atoms with E-state index in [0.717, 1.165) is 19.5 Å². The summed E-state index contributed by atoms with van der Waals surface area (Å²) in [5.74, 6) is 0.981. The number of piperidine rings is 1. The molecule has 0 aliphatic carbocycles. The Morgan fingerprint density at radius 1 is 1.33 bits per heavy atom. The number of aromatic nitrogens is 2. The molecule has 0 unspecified atom stereocenters. The molecule has 0 spiro atoms. The first-order valence-corrected chi connectivity index (χ1v) is 7.38. The molecular weight excluding hydrogens is 270 g/mol. The zero-order valence-electron chi connectivity index (χ0n) is 12.6. The SMILES string of the molecule is C[C@@H]1CCN(C(=O)NCCNC(=O)c2ccn[nH]2)C[C@@H]1C. The van der Waals surface area contributed by atoms with E-state index in [1.165, 1.54) is 6.20 Å². The molecule has 3 N–H and O–H groups in total. The summed E-state index contributed by atoms with van der Waals surface area (Å²) in [6.45, 7) is 6.81. The van der Waals surface area contributed by atoms with Gasteiger partial charge in [0, 0.05) is 32.4 Å². The summed E-state index contributed by atoms with van der Waals surface area (Å²) in [4.78, 5) is 25.5. The van der Waals surface area contributed by atoms with Gasteiger partial charge in [0.2, 0.25) is 0 Å². The molecule has 0 bridgehead atoms. The Balaban J connectivity index is 1.64. The summed E-state index contributed by atoms with van der Waals surface area (Å²) >= 11 is 0. The minimum atomic E-state index is -0.220. The number of aromatic amines is 1. The van der Waals surface area contributed by atoms with Crippen LogP contribution in [0.3, 0.4) is 0 Å². The Morgan fingerprint density at radius 2 is 2.10 bits per heavy atom. The number of H-pyrrole nitrogens is 1. The summed E-state index contributed by atoms with van der Waals surface area (Å²) in [5, 5.41) is 11.9. The van der Waals surface area contributed by atoms with Crippen LogP contribution in [0, 0.1) is 11.8 Å². The molecule has 2 atom stereocenters. The highest BCUT2D eigenvalue weighted by Gasteiger charge is 2.25. The van der Waals surface area contributed by atoms with E-state index in [9.17, 15) is 9.59 Å². The summed E-state index contributed by atoms with van der Waals surface area (Å²) in [6.07, 6.45) is 2.57. The van der Waals surface area contributed by atoms with E-state index in [0.29, 0.717) is 30.6 Å². The minimum Gasteiger partial charge on any atom is -0.349 e. The molecule has 1 aromatic rings. The zero-order chi connectivity index (χ0) is 15.2. The number of hydrogen-bond donors (Lipinski definition) is 3. The van der Waals surface area contributed by atoms with Gasteiger partial charge in [-0.3, -0.25) is 9.89 Å². The number of nitrogens with one attached hydrogen (secondary N) is 3. The fourth-order valence-electron chi connectivity index (χ4n) is 2.38. The number of amides is 3. The second kappa shape index (κ2) is 7.10. The Morgan fingerprint density at radius 3 is 2.76 bits per heavy atom. The maximum atomic E-state index is 12.0. The topological polar surface area (TPSA) is 90.1 Å². The van der Waals surface area contributed by atoms with E-state index in [4.69, 9.17) is 0 Å². The van der Waals surface area contributed by atoms with Crippen LogP contribution in [0.4, 0.5) is 4.79 Å². The van der Waals surface area contributed by atoms with E-state index >= 15 is 0 Å². The van der Waals surface area contributed by atoms with Gasteiger partial charge >= 0.3 is 6.03 Å². The molecule has 2 rings (SSSR count). The third kappa shape index (κ3) is 4.21. The maximum Gasteiger partial charge on any atom is 0.317 e. The summed E-state index contributed by atoms with van der Waals surface area (Å²) in [6, 6.07) is 1.55. The molecule has 1 aliphatic rings. The van der Waals surface area contributed by atoms with Crippen LogP contribution in [-0.4, -0.2) is 53.2 Å². The van der Waals surface area contributed by atoms with E-state index < -0.39 is 0 Å². The molecule has 1 saturated heterocycles. The third-order valence-electron chi connectivity index (χ3n) is 4.05. The van der Waals surface area contributed by atoms with Crippen LogP contribution in [0.1, 0.15) is 30.8 Å². The van der Waals surface area contributed by atoms with Crippen molar-refractivity contribution in [3.63, 3.8) is 0 Å². The normalized spacial score (nSPS) is 21.9. The number of urea groups is 1. The van der Waals surface area contributed by atoms with Gasteiger partial charge in [0.1, 0.15) is 5.69 Å². The van der Waals surface area contributed by atoms with Gasteiger partial charge in [-0.15, -0.1) is 0 Å². The van der Waals surface area contributed by atoms with Crippen molar-refractivity contribution in [2.24, 2.45) is 11.8 Å². The van der Waals surface area contributed by atoms with Crippen LogP contribution >= 0.6 is 0 Å². The van der Waals surface area contributed by atoms with Crippen molar-refractivity contribution in [2.75, 3.05) is 26.2 Å². The number of carbonyl (C=O) groups excluding carboxylic acids is 2. The number of nitrogens with zero attached hydrogens (tertiary/aromatic N) is 2. The fraction of sp³-hybridized carbons (Fsp3) is 0.643. The van der Waals surface area contributed by atoms with E-state index in [2.05, 4.69) is 34.7 Å². The van der Waals surface area contributed by atoms with Crippen molar-refractivity contribution in [3.05, 3.63) is 18.0 Å². The second-order valence-electron chi connectivity index (χ2n) is 5.65. The van der Waals surface area contributed by atoms with Crippen molar-refractivity contribution < 1.29 is 9.59 Å². The summed E-state index contributed by atoms with van der Waals surface area (Å²) in [7, 11) is 0. The molecule has 1 aromatic heterocycles. The quantitative estimate of drug-likeness (QED) is 0.718. The van der Waals surface area contributed by atoms with Crippen molar-refractivity contribution in [1.82, 2.24) is 25.7 Å². The molecule has 0 radical (unpaired) electrons. The Bertz CT molecular complexity index is 474. The molecule has 0 saturated carbocycles. The van der Waals surface area contributed by atoms with Crippen LogP contribution in [0.5, 0.6) is 0 Å². The lowest BCUT2D eigenvalue weighted by Crippen LogP contribution is -2.48. The van der Waals surface area contributed by atoms with Crippen LogP contribution in [0.15, 0.2) is 12.3 Å². The van der Waals surface area contributed by atoms with E-state index in [-0.39, 0.29) is 11.9 Å². The van der Waals surface area contributed by atoms with Gasteiger partial charge in [-0.2, -0.15) is 5.10 Å². The van der Waals surface area contributed by atoms with Gasteiger partial charge in [-0.25, -0.2) is 4.79 Å². The lowest BCUT2D eigenvalue weighted by Gasteiger charge is -2.35. The maximum absolute atomic E-state index is 12.0. The van der Waals surface area contributed by atoms with Crippen LogP contribution in [0.25, 0.3) is 0 Å². The van der Waals surface area contributed by atoms with Gasteiger partial charge in [-0.1, -0.05) is 13.8 Å². The first-order chi connectivity index (χ1) is 10.1. The van der Waals surface area contributed by atoms with Crippen LogP contribution in [0.2, 0.25) is 0 Å². The zero-order valence-corrected chi connectivity index (χ0v) is 12.6. The molecule has 2 heterocycles. The van der Waals surface area contributed by atoms with Gasteiger partial charge in [0.25, 0.3) is 5.91 Å². The van der Waals surface area contributed by atoms with Crippen molar-refractivity contribution in [1.29, 1.82) is 0 Å². The first-order valence-electron chi connectivity index (χ1n) is 7.38. The van der Waals surface area contributed by atoms with Gasteiger partial charge < -0.3 is 15.5 Å². The third-order valence-corrected chi connectivity index (χ3v) is 4.05. The predicted molar refractivity (Wildman–Crippen MR) is 78.8 cm³/mol. The molecular formula is C14H23N5O2. The van der Waals surface area contributed by atoms with E-state index in [1.807, 2.05) is 4.90 Å². The Labute approximate surface area is 124 Å². The van der Waals surface area contributed by atoms with Crippen molar-refractivity contribution in [2.45, 2.75) is 20.3 Å². The van der Waals surface area contributed by atoms with Crippen molar-refractivity contribution >= 4 is 11.9 Å². The molecule has 1 aliphatic heterocycles. The number of hydrogen-bond acceptors (Lipinski definition) is 3. The van der Waals surface area contributed by atoms with E-state index in [1.54, 1.807) is 6.07 Å². The number of carbonyl (C=O) groups is 2. The van der Waals surface area contributed by atoms with Crippen LogP contribution in [-0.2, 0) is 0 Å². The number of likely N-dealkylation sites (tertiary alicyclic amines) is 1. The van der Waals surface area contributed by atoms with Gasteiger partial charge in [0.15, 0.2) is 0 Å². The lowest BCUT2D eigenvalue weighted by atomic mass is 9.89. The monoisotopic (exact) mass is 293 g/mol. The second-order valence-corrected chi connectivity index (χ2v) is 5.65. The molecule has 116 valence electrons. The molecule has 7 heteroatoms. The lowest BCUT2D eigenvalue weighted by molar-refractivity contribution is 0.0948. The van der Waals surface area contributed by atoms with Crippen molar-refractivity contribution in [3.8, 4) is 0 Å². The largest absolute Gasteiger partial charge is 0.349 e. The highest BCUT2D eigenvalue weighted by Crippen LogP contribution is 2.22. The molecule has 7 nitrogen and oxygen atoms in total. The average molecular weight is 293 g/mol. The Kier molecular flexibility index (Phi) is 5.19. The minimum absolute atomic E-state index is 0.0514. The highest BCUT2D eigenvalue weighted by atomic mass is 16.2. The molecule has 21 heavy (non-hydrogen) atoms. The smallest absolute Gasteiger partial charge is 0.317 e. The van der Waals surface area contributed by atoms with Gasteiger partial charge in [0.05, 0.1) is 0 Å². The first kappa shape index (κ1) is 15.3. The fourth-order valence-corrected chi connectivity index (χ4v) is 2.38. The van der Waals surface area contributed by atoms with Gasteiger partial charge in [-0.05, 0) is 24.3 Å².